The molecule has 0 saturated carbocycles. The molecule has 456 valence electrons. The predicted octanol–water partition coefficient (Wildman–Crippen LogP) is 10.5. The number of carbonyl (C=O) groups is 6. The third-order valence-electron chi connectivity index (χ3n) is 17.1. The summed E-state index contributed by atoms with van der Waals surface area (Å²) in [6.45, 7) is 34.2. The van der Waals surface area contributed by atoms with Crippen molar-refractivity contribution in [3.8, 4) is 0 Å². The van der Waals surface area contributed by atoms with Crippen LogP contribution < -0.4 is 5.32 Å². The van der Waals surface area contributed by atoms with Gasteiger partial charge in [0.1, 0.15) is 24.4 Å². The Morgan fingerprint density at radius 2 is 0.633 bits per heavy atom. The van der Waals surface area contributed by atoms with Crippen molar-refractivity contribution in [2.24, 2.45) is 10.8 Å². The molecule has 4 N–H and O–H groups in total. The summed E-state index contributed by atoms with van der Waals surface area (Å²) >= 11 is 0. The highest BCUT2D eigenvalue weighted by molar-refractivity contribution is 6.01. The predicted molar refractivity (Wildman–Crippen MR) is 297 cm³/mol. The maximum atomic E-state index is 14.7. The fourth-order valence-corrected chi connectivity index (χ4v) is 13.8. The molecule has 79 heavy (non-hydrogen) atoms. The molecule has 0 aromatic carbocycles. The Kier molecular flexibility index (Phi) is 22.4. The molecule has 4 heterocycles. The molecule has 4 aliphatic rings. The van der Waals surface area contributed by atoms with E-state index in [0.29, 0.717) is 77.0 Å². The van der Waals surface area contributed by atoms with Gasteiger partial charge in [0.05, 0.1) is 26.1 Å². The summed E-state index contributed by atoms with van der Waals surface area (Å²) in [7, 11) is 0. The molecular formula is C60H106N4O15. The topological polar surface area (TPSA) is 240 Å². The van der Waals surface area contributed by atoms with E-state index >= 15 is 0 Å². The minimum absolute atomic E-state index is 0.0139. The lowest BCUT2D eigenvalue weighted by Gasteiger charge is -2.51. The van der Waals surface area contributed by atoms with Crippen molar-refractivity contribution < 1.29 is 72.8 Å². The van der Waals surface area contributed by atoms with Gasteiger partial charge in [0.2, 0.25) is 0 Å². The summed E-state index contributed by atoms with van der Waals surface area (Å²) in [6.07, 6.45) is 2.90. The quantitative estimate of drug-likeness (QED) is 0.0288. The highest BCUT2D eigenvalue weighted by Crippen LogP contribution is 2.45. The molecule has 19 nitrogen and oxygen atoms in total. The van der Waals surface area contributed by atoms with Crippen molar-refractivity contribution in [3.63, 3.8) is 0 Å². The fraction of sp³-hybridized carbons (Fsp3) is 0.900. The van der Waals surface area contributed by atoms with Crippen LogP contribution in [-0.4, -0.2) is 149 Å². The standard InChI is InChI=1S/C60H106N4O15/c1-19-21-27-59(47(67)76-41-33-51(3,4)61-52(5,6)34-41,48(68)77-42-35-53(7,8)62(71)54(9,10)36-42)29-23-31-74-45(65)25-26-46(66)75-32-24-30-60(28-22-20-2,49(69)78-43-37-55(11,12)63(72)56(13,14)38-43)50(70)79-44-39-57(15,16)64(73)58(17,18)40-44/h41-44,61,71-73H,19-40H2,1-18H3. The number of rotatable bonds is 25. The first kappa shape index (κ1) is 68.0. The number of hydrogen-bond acceptors (Lipinski definition) is 19. The van der Waals surface area contributed by atoms with Gasteiger partial charge in [0.25, 0.3) is 0 Å². The van der Waals surface area contributed by atoms with Gasteiger partial charge in [-0.3, -0.25) is 28.8 Å². The van der Waals surface area contributed by atoms with Crippen molar-refractivity contribution in [2.75, 3.05) is 13.2 Å². The van der Waals surface area contributed by atoms with Crippen molar-refractivity contribution in [1.82, 2.24) is 20.5 Å². The van der Waals surface area contributed by atoms with Gasteiger partial charge in [0, 0.05) is 95.7 Å². The summed E-state index contributed by atoms with van der Waals surface area (Å²) in [6, 6.07) is 0. The third kappa shape index (κ3) is 17.5. The van der Waals surface area contributed by atoms with Gasteiger partial charge in [0.15, 0.2) is 10.8 Å². The van der Waals surface area contributed by atoms with Crippen molar-refractivity contribution >= 4 is 35.8 Å². The molecule has 4 aliphatic heterocycles. The molecular weight excluding hydrogens is 1020 g/mol. The molecule has 1 atom stereocenters. The molecule has 0 aromatic heterocycles. The highest BCUT2D eigenvalue weighted by Gasteiger charge is 2.56. The normalized spacial score (nSPS) is 24.1. The smallest absolute Gasteiger partial charge is 0.323 e. The summed E-state index contributed by atoms with van der Waals surface area (Å²) in [4.78, 5) is 85.1. The largest absolute Gasteiger partial charge is 0.466 e. The molecule has 0 aliphatic carbocycles. The molecule has 19 heteroatoms. The summed E-state index contributed by atoms with van der Waals surface area (Å²) < 4.78 is 36.3. The first-order chi connectivity index (χ1) is 36.1. The van der Waals surface area contributed by atoms with Crippen LogP contribution >= 0.6 is 0 Å². The van der Waals surface area contributed by atoms with Crippen LogP contribution in [0.3, 0.4) is 0 Å². The van der Waals surface area contributed by atoms with E-state index in [1.165, 1.54) is 15.2 Å². The van der Waals surface area contributed by atoms with Crippen molar-refractivity contribution in [3.05, 3.63) is 0 Å². The van der Waals surface area contributed by atoms with Gasteiger partial charge in [-0.1, -0.05) is 39.5 Å². The van der Waals surface area contributed by atoms with Crippen molar-refractivity contribution in [1.29, 1.82) is 0 Å². The van der Waals surface area contributed by atoms with E-state index in [0.717, 1.165) is 0 Å². The van der Waals surface area contributed by atoms with Crippen LogP contribution in [0, 0.1) is 10.8 Å². The molecule has 0 bridgehead atoms. The Morgan fingerprint density at radius 1 is 0.405 bits per heavy atom. The number of ether oxygens (including phenoxy) is 6. The van der Waals surface area contributed by atoms with Crippen LogP contribution in [0.5, 0.6) is 0 Å². The maximum Gasteiger partial charge on any atom is 0.323 e. The molecule has 4 fully saturated rings. The number of carbonyl (C=O) groups excluding carboxylic acids is 6. The lowest BCUT2D eigenvalue weighted by Crippen LogP contribution is -2.61. The van der Waals surface area contributed by atoms with Crippen LogP contribution in [0.15, 0.2) is 0 Å². The highest BCUT2D eigenvalue weighted by atomic mass is 16.6. The number of piperidine rings is 4. The average Bonchev–Trinajstić information content (AvgIpc) is 3.28. The van der Waals surface area contributed by atoms with Gasteiger partial charge in [-0.05, 0) is 149 Å². The van der Waals surface area contributed by atoms with E-state index < -0.39 is 104 Å². The zero-order valence-corrected chi connectivity index (χ0v) is 51.9. The van der Waals surface area contributed by atoms with Gasteiger partial charge in [-0.15, -0.1) is 0 Å². The number of hydroxylamine groups is 6. The number of nitrogens with one attached hydrogen (secondary N) is 1. The Labute approximate surface area is 473 Å². The number of hydrogen-bond donors (Lipinski definition) is 4. The lowest BCUT2D eigenvalue weighted by molar-refractivity contribution is -0.263. The van der Waals surface area contributed by atoms with Crippen LogP contribution in [-0.2, 0) is 57.2 Å². The number of esters is 6. The minimum Gasteiger partial charge on any atom is -0.466 e. The second-order valence-electron chi connectivity index (χ2n) is 29.0. The number of nitrogens with zero attached hydrogens (tertiary/aromatic N) is 3. The van der Waals surface area contributed by atoms with E-state index in [1.54, 1.807) is 0 Å². The Hall–Kier alpha value is -3.46. The summed E-state index contributed by atoms with van der Waals surface area (Å²) in [5, 5.41) is 40.4. The summed E-state index contributed by atoms with van der Waals surface area (Å²) in [5.74, 6) is -4.19. The Balaban J connectivity index is 1.44. The first-order valence-corrected chi connectivity index (χ1v) is 29.5. The van der Waals surface area contributed by atoms with Crippen LogP contribution in [0.25, 0.3) is 0 Å². The monoisotopic (exact) mass is 1120 g/mol. The number of unbranched alkanes of at least 4 members (excludes halogenated alkanes) is 2. The van der Waals surface area contributed by atoms with Gasteiger partial charge < -0.3 is 49.4 Å². The molecule has 0 radical (unpaired) electrons. The molecule has 0 aromatic rings. The van der Waals surface area contributed by atoms with Crippen molar-refractivity contribution in [2.45, 2.75) is 322 Å². The van der Waals surface area contributed by atoms with Gasteiger partial charge >= 0.3 is 35.8 Å². The van der Waals surface area contributed by atoms with Gasteiger partial charge in [-0.2, -0.15) is 15.2 Å². The van der Waals surface area contributed by atoms with E-state index in [4.69, 9.17) is 28.4 Å². The molecule has 0 amide bonds. The van der Waals surface area contributed by atoms with E-state index in [-0.39, 0.29) is 75.7 Å². The van der Waals surface area contributed by atoms with E-state index in [9.17, 15) is 44.4 Å². The molecule has 4 rings (SSSR count). The van der Waals surface area contributed by atoms with E-state index in [2.05, 4.69) is 33.0 Å². The minimum atomic E-state index is -1.75. The van der Waals surface area contributed by atoms with E-state index in [1.807, 2.05) is 96.9 Å². The lowest BCUT2D eigenvalue weighted by atomic mass is 9.77. The molecule has 4 saturated heterocycles. The third-order valence-corrected chi connectivity index (χ3v) is 17.1. The average molecular weight is 1120 g/mol. The fourth-order valence-electron chi connectivity index (χ4n) is 13.8. The maximum absolute atomic E-state index is 14.7. The zero-order valence-electron chi connectivity index (χ0n) is 51.9. The molecule has 1 unspecified atom stereocenters. The summed E-state index contributed by atoms with van der Waals surface area (Å²) in [5.41, 5.74) is -8.52. The SMILES string of the molecule is CCCCC(CCCOC(=O)CCC(=O)OCCCC(CCCC)(C(=O)OC1CC(C)(C)N(O)C(C)(C)C1)C(=O)OC1CC(C)(C)N(O)C(C)(C)C1)(C(=O)OC1CC(C)(C)NC(C)(C)C1)C(=O)OC1CC(C)(C)N(O)C(C)(C)C1. The van der Waals surface area contributed by atoms with Crippen LogP contribution in [0.4, 0.5) is 0 Å². The van der Waals surface area contributed by atoms with Crippen LogP contribution in [0.2, 0.25) is 0 Å². The van der Waals surface area contributed by atoms with Gasteiger partial charge in [-0.25, -0.2) is 0 Å². The zero-order chi connectivity index (χ0) is 60.0. The Bertz CT molecular complexity index is 1990. The second kappa shape index (κ2) is 26.0. The second-order valence-corrected chi connectivity index (χ2v) is 29.0. The molecule has 0 spiro atoms. The van der Waals surface area contributed by atoms with Crippen LogP contribution in [0.1, 0.15) is 253 Å². The first-order valence-electron chi connectivity index (χ1n) is 29.5. The Morgan fingerprint density at radius 3 is 0.873 bits per heavy atom.